The fourth-order valence-corrected chi connectivity index (χ4v) is 2.55. The Morgan fingerprint density at radius 3 is 2.39 bits per heavy atom. The van der Waals surface area contributed by atoms with Gasteiger partial charge in [0.2, 0.25) is 5.95 Å². The summed E-state index contributed by atoms with van der Waals surface area (Å²) in [5.41, 5.74) is 0.643. The number of carbonyl (C=O) groups excluding carboxylic acids is 1. The fraction of sp³-hybridized carbons (Fsp3) is 0.150. The molecule has 0 saturated carbocycles. The molecule has 0 aliphatic carbocycles. The zero-order chi connectivity index (χ0) is 20.3. The number of carbonyl (C=O) groups is 1. The number of hydrogen-bond donors (Lipinski definition) is 1. The summed E-state index contributed by atoms with van der Waals surface area (Å²) in [5.74, 6) is -0.312. The van der Waals surface area contributed by atoms with Crippen LogP contribution in [0.3, 0.4) is 0 Å². The third-order valence-corrected chi connectivity index (χ3v) is 3.97. The van der Waals surface area contributed by atoms with Gasteiger partial charge in [0.25, 0.3) is 5.91 Å². The number of anilines is 3. The van der Waals surface area contributed by atoms with E-state index in [2.05, 4.69) is 15.3 Å². The average molecular weight is 386 g/mol. The van der Waals surface area contributed by atoms with E-state index in [0.717, 1.165) is 17.8 Å². The molecule has 1 aromatic heterocycles. The van der Waals surface area contributed by atoms with Gasteiger partial charge < -0.3 is 10.2 Å². The van der Waals surface area contributed by atoms with E-state index in [0.29, 0.717) is 11.6 Å². The van der Waals surface area contributed by atoms with E-state index in [9.17, 15) is 18.0 Å². The standard InChI is InChI=1S/C20H17F3N4O/c1-13-11-17(26-19(24-13)27(2)16-9-4-3-5-10-16)18(28)25-15-8-6-7-14(12-15)20(21,22)23/h3-12H,1-2H3,(H,25,28). The Morgan fingerprint density at radius 2 is 1.71 bits per heavy atom. The van der Waals surface area contributed by atoms with E-state index in [4.69, 9.17) is 0 Å². The van der Waals surface area contributed by atoms with Crippen molar-refractivity contribution in [3.63, 3.8) is 0 Å². The molecule has 1 N–H and O–H groups in total. The van der Waals surface area contributed by atoms with Crippen LogP contribution in [0.4, 0.5) is 30.5 Å². The molecule has 144 valence electrons. The largest absolute Gasteiger partial charge is 0.416 e. The second-order valence-electron chi connectivity index (χ2n) is 6.12. The lowest BCUT2D eigenvalue weighted by Crippen LogP contribution is -2.19. The van der Waals surface area contributed by atoms with Crippen molar-refractivity contribution in [3.8, 4) is 0 Å². The van der Waals surface area contributed by atoms with E-state index in [-0.39, 0.29) is 11.4 Å². The molecule has 0 fully saturated rings. The van der Waals surface area contributed by atoms with Gasteiger partial charge in [-0.05, 0) is 43.3 Å². The first-order chi connectivity index (χ1) is 13.2. The zero-order valence-electron chi connectivity index (χ0n) is 15.2. The lowest BCUT2D eigenvalue weighted by Gasteiger charge is -2.18. The van der Waals surface area contributed by atoms with Crippen LogP contribution in [0.25, 0.3) is 0 Å². The molecule has 8 heteroatoms. The molecule has 5 nitrogen and oxygen atoms in total. The minimum Gasteiger partial charge on any atom is -0.321 e. The highest BCUT2D eigenvalue weighted by molar-refractivity contribution is 6.03. The molecule has 2 aromatic carbocycles. The zero-order valence-corrected chi connectivity index (χ0v) is 15.2. The van der Waals surface area contributed by atoms with Gasteiger partial charge >= 0.3 is 6.18 Å². The minimum absolute atomic E-state index is 0.0362. The van der Waals surface area contributed by atoms with Crippen LogP contribution in [0.5, 0.6) is 0 Å². The summed E-state index contributed by atoms with van der Waals surface area (Å²) in [7, 11) is 1.76. The monoisotopic (exact) mass is 386 g/mol. The molecule has 28 heavy (non-hydrogen) atoms. The molecule has 0 aliphatic heterocycles. The average Bonchev–Trinajstić information content (AvgIpc) is 2.67. The van der Waals surface area contributed by atoms with Crippen LogP contribution < -0.4 is 10.2 Å². The van der Waals surface area contributed by atoms with Gasteiger partial charge in [-0.25, -0.2) is 9.97 Å². The van der Waals surface area contributed by atoms with Gasteiger partial charge in [0.15, 0.2) is 0 Å². The van der Waals surface area contributed by atoms with Crippen molar-refractivity contribution in [2.75, 3.05) is 17.3 Å². The first-order valence-electron chi connectivity index (χ1n) is 8.37. The Balaban J connectivity index is 1.86. The van der Waals surface area contributed by atoms with Crippen molar-refractivity contribution in [2.45, 2.75) is 13.1 Å². The maximum absolute atomic E-state index is 12.8. The molecular weight excluding hydrogens is 369 g/mol. The molecule has 0 aliphatic rings. The first kappa shape index (κ1) is 19.3. The van der Waals surface area contributed by atoms with Crippen molar-refractivity contribution in [2.24, 2.45) is 0 Å². The first-order valence-corrected chi connectivity index (χ1v) is 8.37. The number of para-hydroxylation sites is 1. The summed E-state index contributed by atoms with van der Waals surface area (Å²) < 4.78 is 38.5. The smallest absolute Gasteiger partial charge is 0.321 e. The molecule has 0 atom stereocenters. The predicted octanol–water partition coefficient (Wildman–Crippen LogP) is 4.82. The number of aromatic nitrogens is 2. The molecule has 0 saturated heterocycles. The van der Waals surface area contributed by atoms with Gasteiger partial charge in [0.1, 0.15) is 5.69 Å². The summed E-state index contributed by atoms with van der Waals surface area (Å²) in [6.07, 6.45) is -4.49. The van der Waals surface area contributed by atoms with Crippen LogP contribution in [0.2, 0.25) is 0 Å². The summed E-state index contributed by atoms with van der Waals surface area (Å²) in [5, 5.41) is 2.46. The Kier molecular flexibility index (Phi) is 5.30. The molecule has 0 spiro atoms. The summed E-state index contributed by atoms with van der Waals surface area (Å²) >= 11 is 0. The van der Waals surface area contributed by atoms with Crippen LogP contribution in [0.1, 0.15) is 21.7 Å². The normalized spacial score (nSPS) is 11.2. The number of rotatable bonds is 4. The van der Waals surface area contributed by atoms with Gasteiger partial charge in [-0.2, -0.15) is 13.2 Å². The van der Waals surface area contributed by atoms with E-state index in [1.165, 1.54) is 18.2 Å². The van der Waals surface area contributed by atoms with Crippen LogP contribution in [0.15, 0.2) is 60.7 Å². The van der Waals surface area contributed by atoms with Crippen LogP contribution >= 0.6 is 0 Å². The van der Waals surface area contributed by atoms with Crippen LogP contribution in [-0.2, 0) is 6.18 Å². The highest BCUT2D eigenvalue weighted by atomic mass is 19.4. The highest BCUT2D eigenvalue weighted by Gasteiger charge is 2.30. The second kappa shape index (κ2) is 7.67. The number of halogens is 3. The molecule has 3 aromatic rings. The Morgan fingerprint density at radius 1 is 1.00 bits per heavy atom. The molecule has 0 radical (unpaired) electrons. The number of alkyl halides is 3. The quantitative estimate of drug-likeness (QED) is 0.698. The highest BCUT2D eigenvalue weighted by Crippen LogP contribution is 2.30. The van der Waals surface area contributed by atoms with Crippen LogP contribution in [-0.4, -0.2) is 22.9 Å². The lowest BCUT2D eigenvalue weighted by molar-refractivity contribution is -0.137. The van der Waals surface area contributed by atoms with E-state index >= 15 is 0 Å². The SMILES string of the molecule is Cc1cc(C(=O)Nc2cccc(C(F)(F)F)c2)nc(N(C)c2ccccc2)n1. The Labute approximate surface area is 159 Å². The van der Waals surface area contributed by atoms with E-state index < -0.39 is 17.6 Å². The summed E-state index contributed by atoms with van der Waals surface area (Å²) in [4.78, 5) is 22.8. The van der Waals surface area contributed by atoms with Gasteiger partial charge in [-0.1, -0.05) is 24.3 Å². The number of nitrogens with one attached hydrogen (secondary N) is 1. The molecule has 1 heterocycles. The lowest BCUT2D eigenvalue weighted by atomic mass is 10.2. The number of amides is 1. The molecule has 0 unspecified atom stereocenters. The third-order valence-electron chi connectivity index (χ3n) is 3.97. The van der Waals surface area contributed by atoms with E-state index in [1.807, 2.05) is 30.3 Å². The Bertz CT molecular complexity index is 990. The second-order valence-corrected chi connectivity index (χ2v) is 6.12. The molecular formula is C20H17F3N4O. The maximum Gasteiger partial charge on any atom is 0.416 e. The van der Waals surface area contributed by atoms with Gasteiger partial charge in [-0.3, -0.25) is 4.79 Å². The number of aryl methyl sites for hydroxylation is 1. The van der Waals surface area contributed by atoms with Crippen LogP contribution in [0, 0.1) is 6.92 Å². The number of hydrogen-bond acceptors (Lipinski definition) is 4. The predicted molar refractivity (Wildman–Crippen MR) is 101 cm³/mol. The van der Waals surface area contributed by atoms with Crippen molar-refractivity contribution in [3.05, 3.63) is 77.6 Å². The molecule has 3 rings (SSSR count). The topological polar surface area (TPSA) is 58.1 Å². The van der Waals surface area contributed by atoms with Crippen molar-refractivity contribution < 1.29 is 18.0 Å². The van der Waals surface area contributed by atoms with E-state index in [1.54, 1.807) is 18.9 Å². The third kappa shape index (κ3) is 4.46. The summed E-state index contributed by atoms with van der Waals surface area (Å²) in [6, 6.07) is 15.3. The van der Waals surface area contributed by atoms with Crippen molar-refractivity contribution in [1.82, 2.24) is 9.97 Å². The van der Waals surface area contributed by atoms with Gasteiger partial charge in [0.05, 0.1) is 5.56 Å². The van der Waals surface area contributed by atoms with Crippen molar-refractivity contribution in [1.29, 1.82) is 0 Å². The molecule has 0 bridgehead atoms. The number of benzene rings is 2. The molecule has 1 amide bonds. The van der Waals surface area contributed by atoms with Gasteiger partial charge in [0, 0.05) is 24.1 Å². The van der Waals surface area contributed by atoms with Gasteiger partial charge in [-0.15, -0.1) is 0 Å². The fourth-order valence-electron chi connectivity index (χ4n) is 2.55. The Hall–Kier alpha value is -3.42. The maximum atomic E-state index is 12.8. The number of nitrogens with zero attached hydrogens (tertiary/aromatic N) is 3. The van der Waals surface area contributed by atoms with Crippen molar-refractivity contribution >= 4 is 23.2 Å². The summed E-state index contributed by atoms with van der Waals surface area (Å²) in [6.45, 7) is 1.71. The minimum atomic E-state index is -4.49.